The molecule has 2 spiro atoms. The summed E-state index contributed by atoms with van der Waals surface area (Å²) in [6.45, 7) is 13.1. The molecule has 0 amide bonds. The van der Waals surface area contributed by atoms with E-state index in [1.807, 2.05) is 20.8 Å². The lowest BCUT2D eigenvalue weighted by Gasteiger charge is -2.41. The number of ether oxygens (including phenoxy) is 6. The maximum Gasteiger partial charge on any atom is 0.231 e. The minimum absolute atomic E-state index is 0.0389. The number of benzene rings is 2. The van der Waals surface area contributed by atoms with E-state index in [0.717, 1.165) is 98.0 Å². The molecule has 10 nitrogen and oxygen atoms in total. The van der Waals surface area contributed by atoms with E-state index in [1.165, 1.54) is 74.7 Å². The summed E-state index contributed by atoms with van der Waals surface area (Å²) in [4.78, 5) is 4.07. The van der Waals surface area contributed by atoms with Gasteiger partial charge in [-0.25, -0.2) is 0 Å². The molecule has 296 valence electrons. The number of aliphatic hydroxyl groups excluding tert-OH is 2. The Bertz CT molecular complexity index is 2170. The fourth-order valence-corrected chi connectivity index (χ4v) is 16.8. The summed E-state index contributed by atoms with van der Waals surface area (Å²) >= 11 is 9.03. The Kier molecular flexibility index (Phi) is 10.4. The van der Waals surface area contributed by atoms with Crippen LogP contribution in [-0.4, -0.2) is 96.2 Å². The molecule has 11 rings (SSSR count). The summed E-state index contributed by atoms with van der Waals surface area (Å²) in [6.07, 6.45) is 4.99. The van der Waals surface area contributed by atoms with E-state index in [1.54, 1.807) is 0 Å². The van der Waals surface area contributed by atoms with Crippen LogP contribution in [0.2, 0.25) is 0 Å². The molecular weight excluding hydrogens is 817 g/mol. The Morgan fingerprint density at radius 2 is 1.36 bits per heavy atom. The lowest BCUT2D eigenvalue weighted by atomic mass is 9.81. The van der Waals surface area contributed by atoms with Crippen molar-refractivity contribution in [3.8, 4) is 23.0 Å². The van der Waals surface area contributed by atoms with Crippen molar-refractivity contribution >= 4 is 69.0 Å². The first-order valence-electron chi connectivity index (χ1n) is 19.1. The SMILES string of the molecule is CC1=C2c3cc4c(cc3CCN3CCC[C@]23[C@@H]2OC(C)(C)O[C@H]12)OCO4.CC1=C2c3cc4c(cc3CC[NH+]3CCC[C@]23[C@H](O)[C@@H]1O)OCO4.S=S=S=S=S=S. The highest BCUT2D eigenvalue weighted by atomic mass is 33.3. The van der Waals surface area contributed by atoms with Crippen LogP contribution in [0.15, 0.2) is 35.4 Å². The molecular formula is C39H47N2O8S6+. The topological polar surface area (TPSA) is 104 Å². The van der Waals surface area contributed by atoms with Gasteiger partial charge in [-0.1, -0.05) is 0 Å². The highest BCUT2D eigenvalue weighted by Gasteiger charge is 2.65. The van der Waals surface area contributed by atoms with Gasteiger partial charge in [-0.05, 0) is 117 Å². The quantitative estimate of drug-likeness (QED) is 0.365. The number of rotatable bonds is 0. The van der Waals surface area contributed by atoms with Gasteiger partial charge in [0, 0.05) is 89.3 Å². The average Bonchev–Trinajstić information content (AvgIpc) is 4.04. The summed E-state index contributed by atoms with van der Waals surface area (Å²) in [7, 11) is 5.63. The summed E-state index contributed by atoms with van der Waals surface area (Å²) in [5.41, 5.74) is 9.44. The summed E-state index contributed by atoms with van der Waals surface area (Å²) in [5, 5.41) is 21.5. The molecule has 55 heavy (non-hydrogen) atoms. The number of quaternary nitrogens is 1. The van der Waals surface area contributed by atoms with Crippen molar-refractivity contribution in [1.29, 1.82) is 0 Å². The van der Waals surface area contributed by atoms with Crippen LogP contribution in [0.3, 0.4) is 0 Å². The maximum absolute atomic E-state index is 10.9. The fourth-order valence-electron chi connectivity index (χ4n) is 11.3. The van der Waals surface area contributed by atoms with Crippen LogP contribution >= 0.6 is 0 Å². The molecule has 2 aliphatic carbocycles. The fraction of sp³-hybridized carbons (Fsp3) is 0.590. The molecule has 3 N–H and O–H groups in total. The second-order valence-electron chi connectivity index (χ2n) is 16.2. The van der Waals surface area contributed by atoms with Crippen molar-refractivity contribution in [3.63, 3.8) is 0 Å². The number of nitrogens with one attached hydrogen (secondary N) is 1. The summed E-state index contributed by atoms with van der Waals surface area (Å²) in [6, 6.07) is 8.54. The van der Waals surface area contributed by atoms with Gasteiger partial charge in [0.1, 0.15) is 24.4 Å². The number of hydrogen-bond donors (Lipinski definition) is 3. The zero-order valence-electron chi connectivity index (χ0n) is 31.3. The van der Waals surface area contributed by atoms with Crippen molar-refractivity contribution in [2.24, 2.45) is 0 Å². The van der Waals surface area contributed by atoms with E-state index in [0.29, 0.717) is 6.79 Å². The van der Waals surface area contributed by atoms with E-state index in [4.69, 9.17) is 28.4 Å². The van der Waals surface area contributed by atoms with Crippen LogP contribution in [0.1, 0.15) is 75.6 Å². The Morgan fingerprint density at radius 1 is 0.745 bits per heavy atom. The lowest BCUT2D eigenvalue weighted by molar-refractivity contribution is -0.932. The summed E-state index contributed by atoms with van der Waals surface area (Å²) in [5.74, 6) is 2.81. The molecule has 7 atom stereocenters. The van der Waals surface area contributed by atoms with Gasteiger partial charge in [-0.2, -0.15) is 0 Å². The predicted octanol–water partition coefficient (Wildman–Crippen LogP) is 3.00. The van der Waals surface area contributed by atoms with E-state index in [9.17, 15) is 10.2 Å². The number of hydrogen-bond acceptors (Lipinski definition) is 11. The zero-order chi connectivity index (χ0) is 38.3. The third-order valence-electron chi connectivity index (χ3n) is 13.3. The largest absolute Gasteiger partial charge is 0.454 e. The van der Waals surface area contributed by atoms with Crippen molar-refractivity contribution < 1.29 is 43.5 Å². The highest BCUT2D eigenvalue weighted by Crippen LogP contribution is 2.59. The zero-order valence-corrected chi connectivity index (χ0v) is 36.2. The van der Waals surface area contributed by atoms with Crippen LogP contribution in [0.5, 0.6) is 23.0 Å². The normalized spacial score (nSPS) is 33.6. The molecule has 0 aromatic heterocycles. The first-order valence-corrected chi connectivity index (χ1v) is 25.7. The van der Waals surface area contributed by atoms with Crippen LogP contribution in [-0.2, 0) is 80.2 Å². The molecule has 7 aliphatic heterocycles. The molecule has 3 saturated heterocycles. The van der Waals surface area contributed by atoms with Crippen molar-refractivity contribution in [3.05, 3.63) is 57.7 Å². The molecule has 3 fully saturated rings. The average molecular weight is 864 g/mol. The van der Waals surface area contributed by atoms with Gasteiger partial charge >= 0.3 is 0 Å². The van der Waals surface area contributed by atoms with Crippen LogP contribution in [0.25, 0.3) is 11.1 Å². The van der Waals surface area contributed by atoms with Gasteiger partial charge in [0.25, 0.3) is 0 Å². The Hall–Kier alpha value is -1.80. The van der Waals surface area contributed by atoms with Gasteiger partial charge < -0.3 is 43.5 Å². The van der Waals surface area contributed by atoms with Gasteiger partial charge in [0.15, 0.2) is 34.3 Å². The Balaban J connectivity index is 0.000000127. The molecule has 9 aliphatic rings. The van der Waals surface area contributed by atoms with Crippen molar-refractivity contribution in [1.82, 2.24) is 4.90 Å². The smallest absolute Gasteiger partial charge is 0.231 e. The van der Waals surface area contributed by atoms with E-state index >= 15 is 0 Å². The van der Waals surface area contributed by atoms with Crippen molar-refractivity contribution in [2.75, 3.05) is 39.8 Å². The summed E-state index contributed by atoms with van der Waals surface area (Å²) < 4.78 is 35.3. The molecule has 1 unspecified atom stereocenters. The van der Waals surface area contributed by atoms with Gasteiger partial charge in [-0.3, -0.25) is 4.90 Å². The maximum atomic E-state index is 10.9. The van der Waals surface area contributed by atoms with E-state index in [2.05, 4.69) is 58.5 Å². The first kappa shape index (κ1) is 38.7. The predicted molar refractivity (Wildman–Crippen MR) is 224 cm³/mol. The number of aliphatic hydroxyl groups is 2. The molecule has 0 bridgehead atoms. The Morgan fingerprint density at radius 3 is 2.02 bits per heavy atom. The number of fused-ring (bicyclic) bond motifs is 7. The minimum Gasteiger partial charge on any atom is -0.454 e. The van der Waals surface area contributed by atoms with Crippen molar-refractivity contribution in [2.45, 2.75) is 108 Å². The molecule has 2 aromatic carbocycles. The third kappa shape index (κ3) is 6.07. The van der Waals surface area contributed by atoms with E-state index in [-0.39, 0.29) is 30.1 Å². The first-order chi connectivity index (χ1) is 26.5. The second kappa shape index (κ2) is 14.8. The lowest BCUT2D eigenvalue weighted by Crippen LogP contribution is -3.19. The molecule has 16 heteroatoms. The number of nitrogens with zero attached hydrogens (tertiary/aromatic N) is 1. The van der Waals surface area contributed by atoms with Gasteiger partial charge in [0.05, 0.1) is 18.6 Å². The molecule has 0 saturated carbocycles. The highest BCUT2D eigenvalue weighted by molar-refractivity contribution is 8.64. The van der Waals surface area contributed by atoms with Crippen LogP contribution in [0.4, 0.5) is 0 Å². The molecule has 7 heterocycles. The minimum atomic E-state index is -0.769. The standard InChI is InChI=1S/C21H25NO4.C18H21NO4.S6/c1-12-17-14-10-16-15(23-11-24-16)9-13(14)5-8-22-7-4-6-21(17,22)19-18(12)25-20(2,3)26-19;1-10-15-12-8-14-13(22-9-23-14)7-11(12)3-6-19-5-2-4-18(15,19)17(21)16(10)20;1-3-5-6-4-2/h9-10,18-19H,4-8,11H2,1-3H3;7-8,16-17,20-21H,2-6,9H2,1H3;/p+1/t18-,19-,21-;16-,17-,18-;/m11./s1. The van der Waals surface area contributed by atoms with Gasteiger partial charge in [-0.15, -0.1) is 0 Å². The van der Waals surface area contributed by atoms with Gasteiger partial charge in [0.2, 0.25) is 13.6 Å². The second-order valence-corrected chi connectivity index (χ2v) is 23.2. The third-order valence-corrected chi connectivity index (χ3v) is 20.0. The molecule has 2 aromatic rings. The van der Waals surface area contributed by atoms with Crippen LogP contribution in [0, 0.1) is 0 Å². The Labute approximate surface area is 343 Å². The van der Waals surface area contributed by atoms with E-state index < -0.39 is 18.0 Å². The van der Waals surface area contributed by atoms with Crippen LogP contribution < -0.4 is 23.8 Å². The molecule has 0 radical (unpaired) electrons. The monoisotopic (exact) mass is 863 g/mol.